The summed E-state index contributed by atoms with van der Waals surface area (Å²) in [6.45, 7) is 1.27. The van der Waals surface area contributed by atoms with Gasteiger partial charge >= 0.3 is 6.03 Å². The van der Waals surface area contributed by atoms with E-state index in [1.807, 2.05) is 6.07 Å². The summed E-state index contributed by atoms with van der Waals surface area (Å²) in [6.07, 6.45) is 4.98. The third kappa shape index (κ3) is 3.37. The molecular formula is C19H19ClN4O2. The molecule has 2 fully saturated rings. The van der Waals surface area contributed by atoms with E-state index in [4.69, 9.17) is 11.6 Å². The summed E-state index contributed by atoms with van der Waals surface area (Å²) < 4.78 is 0. The Hall–Kier alpha value is -2.60. The zero-order valence-corrected chi connectivity index (χ0v) is 14.9. The summed E-state index contributed by atoms with van der Waals surface area (Å²) in [6, 6.07) is 10.5. The molecule has 1 saturated carbocycles. The summed E-state index contributed by atoms with van der Waals surface area (Å²) in [5, 5.41) is 6.42. The number of pyridine rings is 1. The van der Waals surface area contributed by atoms with E-state index in [9.17, 15) is 9.59 Å². The van der Waals surface area contributed by atoms with Crippen molar-refractivity contribution in [2.24, 2.45) is 11.3 Å². The van der Waals surface area contributed by atoms with Crippen LogP contribution in [-0.4, -0.2) is 34.9 Å². The average Bonchev–Trinajstić information content (AvgIpc) is 3.18. The molecule has 3 amide bonds. The lowest BCUT2D eigenvalue weighted by Crippen LogP contribution is -2.33. The smallest absolute Gasteiger partial charge is 0.321 e. The molecule has 2 heterocycles. The fourth-order valence-electron chi connectivity index (χ4n) is 3.64. The number of halogens is 1. The van der Waals surface area contributed by atoms with Crippen molar-refractivity contribution in [2.45, 2.75) is 12.8 Å². The molecule has 1 saturated heterocycles. The molecule has 4 rings (SSSR count). The Kier molecular flexibility index (Phi) is 4.28. The van der Waals surface area contributed by atoms with Crippen molar-refractivity contribution < 1.29 is 9.59 Å². The predicted molar refractivity (Wildman–Crippen MR) is 100 cm³/mol. The Morgan fingerprint density at radius 1 is 1.15 bits per heavy atom. The molecule has 2 aliphatic rings. The summed E-state index contributed by atoms with van der Waals surface area (Å²) in [5.74, 6) is -0.0333. The van der Waals surface area contributed by atoms with Crippen molar-refractivity contribution in [3.63, 3.8) is 0 Å². The van der Waals surface area contributed by atoms with Crippen LogP contribution in [-0.2, 0) is 4.79 Å². The second kappa shape index (κ2) is 6.61. The lowest BCUT2D eigenvalue weighted by atomic mass is 10.0. The van der Waals surface area contributed by atoms with Crippen LogP contribution in [0.15, 0.2) is 48.8 Å². The fraction of sp³-hybridized carbons (Fsp3) is 0.316. The first-order valence-electron chi connectivity index (χ1n) is 8.58. The topological polar surface area (TPSA) is 74.3 Å². The number of rotatable bonds is 3. The van der Waals surface area contributed by atoms with Crippen LogP contribution < -0.4 is 10.6 Å². The highest BCUT2D eigenvalue weighted by atomic mass is 35.5. The first kappa shape index (κ1) is 16.8. The molecule has 1 aromatic carbocycles. The van der Waals surface area contributed by atoms with Gasteiger partial charge in [0.25, 0.3) is 0 Å². The molecule has 0 unspecified atom stereocenters. The van der Waals surface area contributed by atoms with Crippen LogP contribution in [0.2, 0.25) is 5.02 Å². The standard InChI is InChI=1S/C19H19ClN4O2/c20-13-3-5-14(6-4-13)23-18(26)24-9-7-19(12-24)10-16(19)17(25)22-15-2-1-8-21-11-15/h1-6,8,11,16H,7,9-10,12H2,(H,22,25)(H,23,26)/t16-,19-/m1/s1. The molecule has 0 bridgehead atoms. The van der Waals surface area contributed by atoms with Gasteiger partial charge < -0.3 is 15.5 Å². The van der Waals surface area contributed by atoms with Crippen molar-refractivity contribution in [3.8, 4) is 0 Å². The number of anilines is 2. The van der Waals surface area contributed by atoms with E-state index < -0.39 is 0 Å². The van der Waals surface area contributed by atoms with E-state index >= 15 is 0 Å². The lowest BCUT2D eigenvalue weighted by Gasteiger charge is -2.17. The Morgan fingerprint density at radius 2 is 1.96 bits per heavy atom. The number of nitrogens with zero attached hydrogens (tertiary/aromatic N) is 2. The quantitative estimate of drug-likeness (QED) is 0.866. The lowest BCUT2D eigenvalue weighted by molar-refractivity contribution is -0.118. The van der Waals surface area contributed by atoms with Gasteiger partial charge in [-0.25, -0.2) is 4.79 Å². The molecule has 1 aromatic heterocycles. The van der Waals surface area contributed by atoms with Gasteiger partial charge in [-0.3, -0.25) is 9.78 Å². The summed E-state index contributed by atoms with van der Waals surface area (Å²) >= 11 is 5.86. The first-order chi connectivity index (χ1) is 12.6. The van der Waals surface area contributed by atoms with Crippen LogP contribution >= 0.6 is 11.6 Å². The zero-order chi connectivity index (χ0) is 18.1. The maximum atomic E-state index is 12.5. The monoisotopic (exact) mass is 370 g/mol. The van der Waals surface area contributed by atoms with Crippen molar-refractivity contribution in [2.75, 3.05) is 23.7 Å². The molecule has 2 N–H and O–H groups in total. The van der Waals surface area contributed by atoms with Crippen molar-refractivity contribution in [1.29, 1.82) is 0 Å². The van der Waals surface area contributed by atoms with Crippen LogP contribution in [0.25, 0.3) is 0 Å². The number of carbonyl (C=O) groups is 2. The molecule has 26 heavy (non-hydrogen) atoms. The SMILES string of the molecule is O=C(Nc1cccnc1)[C@H]1C[C@@]12CCN(C(=O)Nc1ccc(Cl)cc1)C2. The van der Waals surface area contributed by atoms with Gasteiger partial charge in [0.1, 0.15) is 0 Å². The highest BCUT2D eigenvalue weighted by Crippen LogP contribution is 2.58. The molecule has 6 nitrogen and oxygen atoms in total. The molecule has 2 aromatic rings. The van der Waals surface area contributed by atoms with Crippen molar-refractivity contribution in [1.82, 2.24) is 9.88 Å². The number of nitrogens with one attached hydrogen (secondary N) is 2. The number of amides is 3. The molecule has 2 atom stereocenters. The molecule has 7 heteroatoms. The highest BCUT2D eigenvalue weighted by Gasteiger charge is 2.61. The van der Waals surface area contributed by atoms with Gasteiger partial charge in [-0.1, -0.05) is 11.6 Å². The molecule has 1 spiro atoms. The van der Waals surface area contributed by atoms with E-state index in [0.717, 1.165) is 12.8 Å². The maximum absolute atomic E-state index is 12.5. The van der Waals surface area contributed by atoms with Crippen molar-refractivity contribution in [3.05, 3.63) is 53.8 Å². The Bertz CT molecular complexity index is 827. The number of hydrogen-bond donors (Lipinski definition) is 2. The normalized spacial score (nSPS) is 23.7. The van der Waals surface area contributed by atoms with Gasteiger partial charge in [-0.15, -0.1) is 0 Å². The van der Waals surface area contributed by atoms with Crippen molar-refractivity contribution >= 4 is 34.9 Å². The predicted octanol–water partition coefficient (Wildman–Crippen LogP) is 3.62. The first-order valence-corrected chi connectivity index (χ1v) is 8.96. The van der Waals surface area contributed by atoms with Gasteiger partial charge in [0.15, 0.2) is 0 Å². The zero-order valence-electron chi connectivity index (χ0n) is 14.1. The molecule has 1 aliphatic carbocycles. The van der Waals surface area contributed by atoms with Gasteiger partial charge in [0.05, 0.1) is 11.9 Å². The van der Waals surface area contributed by atoms with Gasteiger partial charge in [0.2, 0.25) is 5.91 Å². The number of urea groups is 1. The van der Waals surface area contributed by atoms with Crippen LogP contribution in [0.5, 0.6) is 0 Å². The Balaban J connectivity index is 1.33. The highest BCUT2D eigenvalue weighted by molar-refractivity contribution is 6.30. The number of aromatic nitrogens is 1. The minimum atomic E-state index is -0.137. The van der Waals surface area contributed by atoms with Crippen LogP contribution in [0.1, 0.15) is 12.8 Å². The number of hydrogen-bond acceptors (Lipinski definition) is 3. The summed E-state index contributed by atoms with van der Waals surface area (Å²) in [5.41, 5.74) is 1.33. The number of benzene rings is 1. The minimum absolute atomic E-state index is 0.0120. The fourth-order valence-corrected chi connectivity index (χ4v) is 3.77. The summed E-state index contributed by atoms with van der Waals surface area (Å²) in [7, 11) is 0. The van der Waals surface area contributed by atoms with Crippen LogP contribution in [0, 0.1) is 11.3 Å². The van der Waals surface area contributed by atoms with Gasteiger partial charge in [0, 0.05) is 41.3 Å². The van der Waals surface area contributed by atoms with Crippen LogP contribution in [0.4, 0.5) is 16.2 Å². The maximum Gasteiger partial charge on any atom is 0.321 e. The largest absolute Gasteiger partial charge is 0.324 e. The third-order valence-corrected chi connectivity index (χ3v) is 5.46. The molecular weight excluding hydrogens is 352 g/mol. The molecule has 134 valence electrons. The number of likely N-dealkylation sites (tertiary alicyclic amines) is 1. The second-order valence-electron chi connectivity index (χ2n) is 6.96. The van der Waals surface area contributed by atoms with Gasteiger partial charge in [-0.2, -0.15) is 0 Å². The molecule has 0 radical (unpaired) electrons. The van der Waals surface area contributed by atoms with E-state index in [1.165, 1.54) is 0 Å². The average molecular weight is 371 g/mol. The van der Waals surface area contributed by atoms with E-state index in [2.05, 4.69) is 15.6 Å². The second-order valence-corrected chi connectivity index (χ2v) is 7.40. The number of carbonyl (C=O) groups excluding carboxylic acids is 2. The van der Waals surface area contributed by atoms with E-state index in [-0.39, 0.29) is 23.3 Å². The third-order valence-electron chi connectivity index (χ3n) is 5.20. The van der Waals surface area contributed by atoms with Crippen LogP contribution in [0.3, 0.4) is 0 Å². The molecule has 1 aliphatic heterocycles. The van der Waals surface area contributed by atoms with Gasteiger partial charge in [-0.05, 0) is 49.2 Å². The van der Waals surface area contributed by atoms with E-state index in [0.29, 0.717) is 29.5 Å². The Morgan fingerprint density at radius 3 is 2.69 bits per heavy atom. The van der Waals surface area contributed by atoms with E-state index in [1.54, 1.807) is 47.6 Å². The Labute approximate surface area is 156 Å². The summed E-state index contributed by atoms with van der Waals surface area (Å²) in [4.78, 5) is 30.7. The minimum Gasteiger partial charge on any atom is -0.324 e.